The molecule has 26 heavy (non-hydrogen) atoms. The van der Waals surface area contributed by atoms with E-state index in [0.29, 0.717) is 26.9 Å². The molecule has 0 saturated heterocycles. The highest BCUT2D eigenvalue weighted by Crippen LogP contribution is 2.21. The number of carbonyl (C=O) groups is 3. The number of ketones is 1. The first kappa shape index (κ1) is 19.9. The first-order chi connectivity index (χ1) is 12.3. The molecule has 0 bridgehead atoms. The van der Waals surface area contributed by atoms with Gasteiger partial charge in [-0.25, -0.2) is 0 Å². The Labute approximate surface area is 161 Å². The summed E-state index contributed by atoms with van der Waals surface area (Å²) in [6.45, 7) is 2.90. The summed E-state index contributed by atoms with van der Waals surface area (Å²) in [4.78, 5) is 35.6. The Hall–Kier alpha value is -2.37. The summed E-state index contributed by atoms with van der Waals surface area (Å²) in [6.07, 6.45) is -1.08. The van der Waals surface area contributed by atoms with Gasteiger partial charge < -0.3 is 10.1 Å². The van der Waals surface area contributed by atoms with Crippen LogP contribution in [0.4, 0.5) is 5.69 Å². The third kappa shape index (κ3) is 5.58. The Morgan fingerprint density at radius 3 is 2.50 bits per heavy atom. The molecule has 0 radical (unpaired) electrons. The first-order valence-corrected chi connectivity index (χ1v) is 8.57. The van der Waals surface area contributed by atoms with Gasteiger partial charge >= 0.3 is 5.97 Å². The molecule has 0 aliphatic heterocycles. The maximum atomic E-state index is 12.2. The van der Waals surface area contributed by atoms with E-state index >= 15 is 0 Å². The molecule has 0 spiro atoms. The zero-order valence-electron chi connectivity index (χ0n) is 14.2. The summed E-state index contributed by atoms with van der Waals surface area (Å²) in [5.74, 6) is -1.20. The molecule has 1 atom stereocenters. The SMILES string of the molecule is CC(=O)c1cccc(NC(=O)[C@H](C)OC(=O)Cc2ccc(Cl)cc2Cl)c1. The van der Waals surface area contributed by atoms with Crippen LogP contribution in [-0.4, -0.2) is 23.8 Å². The van der Waals surface area contributed by atoms with Crippen molar-refractivity contribution in [2.45, 2.75) is 26.4 Å². The van der Waals surface area contributed by atoms with E-state index in [1.54, 1.807) is 36.4 Å². The minimum atomic E-state index is -1.01. The average molecular weight is 394 g/mol. The highest BCUT2D eigenvalue weighted by Gasteiger charge is 2.19. The van der Waals surface area contributed by atoms with Crippen LogP contribution < -0.4 is 5.32 Å². The van der Waals surface area contributed by atoms with Crippen LogP contribution in [0.3, 0.4) is 0 Å². The molecule has 2 aromatic rings. The first-order valence-electron chi connectivity index (χ1n) is 7.81. The number of esters is 1. The molecule has 1 N–H and O–H groups in total. The topological polar surface area (TPSA) is 72.5 Å². The van der Waals surface area contributed by atoms with Gasteiger partial charge in [-0.15, -0.1) is 0 Å². The summed E-state index contributed by atoms with van der Waals surface area (Å²) in [5.41, 5.74) is 1.49. The molecule has 0 aromatic heterocycles. The largest absolute Gasteiger partial charge is 0.452 e. The van der Waals surface area contributed by atoms with Crippen molar-refractivity contribution in [2.75, 3.05) is 5.32 Å². The Kier molecular flexibility index (Phi) is 6.77. The fourth-order valence-corrected chi connectivity index (χ4v) is 2.65. The Balaban J connectivity index is 1.94. The molecule has 5 nitrogen and oxygen atoms in total. The predicted octanol–water partition coefficient (Wildman–Crippen LogP) is 4.31. The second kappa shape index (κ2) is 8.83. The Morgan fingerprint density at radius 2 is 1.85 bits per heavy atom. The molecular formula is C19H17Cl2NO4. The van der Waals surface area contributed by atoms with E-state index in [0.717, 1.165) is 0 Å². The van der Waals surface area contributed by atoms with Crippen LogP contribution in [0.5, 0.6) is 0 Å². The Morgan fingerprint density at radius 1 is 1.12 bits per heavy atom. The summed E-state index contributed by atoms with van der Waals surface area (Å²) in [6, 6.07) is 11.3. The van der Waals surface area contributed by atoms with Gasteiger partial charge in [0.15, 0.2) is 11.9 Å². The quantitative estimate of drug-likeness (QED) is 0.586. The van der Waals surface area contributed by atoms with Crippen molar-refractivity contribution in [3.8, 4) is 0 Å². The molecule has 2 rings (SSSR count). The second-order valence-corrected chi connectivity index (χ2v) is 6.51. The molecule has 0 aliphatic carbocycles. The van der Waals surface area contributed by atoms with Crippen molar-refractivity contribution in [2.24, 2.45) is 0 Å². The molecule has 0 unspecified atom stereocenters. The molecular weight excluding hydrogens is 377 g/mol. The monoisotopic (exact) mass is 393 g/mol. The molecule has 2 aromatic carbocycles. The van der Waals surface area contributed by atoms with Crippen LogP contribution in [0, 0.1) is 0 Å². The van der Waals surface area contributed by atoms with Gasteiger partial charge in [0.1, 0.15) is 0 Å². The highest BCUT2D eigenvalue weighted by atomic mass is 35.5. The van der Waals surface area contributed by atoms with Crippen LogP contribution in [0.15, 0.2) is 42.5 Å². The van der Waals surface area contributed by atoms with Crippen LogP contribution in [0.2, 0.25) is 10.0 Å². The normalized spacial score (nSPS) is 11.5. The maximum Gasteiger partial charge on any atom is 0.311 e. The van der Waals surface area contributed by atoms with E-state index in [1.165, 1.54) is 19.9 Å². The molecule has 0 saturated carbocycles. The van der Waals surface area contributed by atoms with Crippen LogP contribution in [0.25, 0.3) is 0 Å². The molecule has 1 amide bonds. The van der Waals surface area contributed by atoms with Gasteiger partial charge in [-0.05, 0) is 43.7 Å². The molecule has 7 heteroatoms. The number of hydrogen-bond donors (Lipinski definition) is 1. The second-order valence-electron chi connectivity index (χ2n) is 5.67. The number of Topliss-reactive ketones (excluding diaryl/α,β-unsaturated/α-hetero) is 1. The van der Waals surface area contributed by atoms with Crippen LogP contribution in [0.1, 0.15) is 29.8 Å². The third-order valence-corrected chi connectivity index (χ3v) is 4.15. The van der Waals surface area contributed by atoms with E-state index in [4.69, 9.17) is 27.9 Å². The lowest BCUT2D eigenvalue weighted by Gasteiger charge is -2.14. The van der Waals surface area contributed by atoms with E-state index < -0.39 is 18.0 Å². The number of halogens is 2. The number of benzene rings is 2. The lowest BCUT2D eigenvalue weighted by Crippen LogP contribution is -2.30. The highest BCUT2D eigenvalue weighted by molar-refractivity contribution is 6.35. The number of hydrogen-bond acceptors (Lipinski definition) is 4. The van der Waals surface area contributed by atoms with E-state index in [9.17, 15) is 14.4 Å². The summed E-state index contributed by atoms with van der Waals surface area (Å²) >= 11 is 11.8. The minimum absolute atomic E-state index is 0.0759. The summed E-state index contributed by atoms with van der Waals surface area (Å²) < 4.78 is 5.14. The standard InChI is InChI=1S/C19H17Cl2NO4/c1-11(23)13-4-3-5-16(8-13)22-19(25)12(2)26-18(24)9-14-6-7-15(20)10-17(14)21/h3-8,10,12H,9H2,1-2H3,(H,22,25)/t12-/m0/s1. The van der Waals surface area contributed by atoms with Crippen molar-refractivity contribution in [1.82, 2.24) is 0 Å². The van der Waals surface area contributed by atoms with Crippen molar-refractivity contribution >= 4 is 46.5 Å². The lowest BCUT2D eigenvalue weighted by molar-refractivity contribution is -0.152. The van der Waals surface area contributed by atoms with E-state index in [-0.39, 0.29) is 12.2 Å². The smallest absolute Gasteiger partial charge is 0.311 e. The van der Waals surface area contributed by atoms with E-state index in [1.807, 2.05) is 0 Å². The third-order valence-electron chi connectivity index (χ3n) is 3.56. The van der Waals surface area contributed by atoms with Gasteiger partial charge in [0, 0.05) is 21.3 Å². The van der Waals surface area contributed by atoms with Gasteiger partial charge in [0.05, 0.1) is 6.42 Å². The summed E-state index contributed by atoms with van der Waals surface area (Å²) in [7, 11) is 0. The molecule has 0 fully saturated rings. The van der Waals surface area contributed by atoms with E-state index in [2.05, 4.69) is 5.32 Å². The molecule has 0 aliphatic rings. The van der Waals surface area contributed by atoms with Gasteiger partial charge in [-0.2, -0.15) is 0 Å². The van der Waals surface area contributed by atoms with Crippen molar-refractivity contribution in [3.05, 3.63) is 63.6 Å². The summed E-state index contributed by atoms with van der Waals surface area (Å²) in [5, 5.41) is 3.43. The van der Waals surface area contributed by atoms with Crippen molar-refractivity contribution < 1.29 is 19.1 Å². The maximum absolute atomic E-state index is 12.2. The number of carbonyl (C=O) groups excluding carboxylic acids is 3. The van der Waals surface area contributed by atoms with Gasteiger partial charge in [0.25, 0.3) is 5.91 Å². The zero-order chi connectivity index (χ0) is 19.3. The van der Waals surface area contributed by atoms with Gasteiger partial charge in [-0.1, -0.05) is 41.4 Å². The van der Waals surface area contributed by atoms with Crippen molar-refractivity contribution in [1.29, 1.82) is 0 Å². The molecule has 136 valence electrons. The number of nitrogens with one attached hydrogen (secondary N) is 1. The predicted molar refractivity (Wildman–Crippen MR) is 101 cm³/mol. The van der Waals surface area contributed by atoms with Crippen LogP contribution >= 0.6 is 23.2 Å². The lowest BCUT2D eigenvalue weighted by atomic mass is 10.1. The molecule has 0 heterocycles. The van der Waals surface area contributed by atoms with Crippen LogP contribution in [-0.2, 0) is 20.7 Å². The zero-order valence-corrected chi connectivity index (χ0v) is 15.7. The number of amides is 1. The minimum Gasteiger partial charge on any atom is -0.452 e. The number of ether oxygens (including phenoxy) is 1. The fourth-order valence-electron chi connectivity index (χ4n) is 2.17. The van der Waals surface area contributed by atoms with Gasteiger partial charge in [-0.3, -0.25) is 14.4 Å². The van der Waals surface area contributed by atoms with Crippen molar-refractivity contribution in [3.63, 3.8) is 0 Å². The Bertz CT molecular complexity index is 851. The fraction of sp³-hybridized carbons (Fsp3) is 0.211. The number of rotatable bonds is 6. The average Bonchev–Trinajstić information content (AvgIpc) is 2.57. The van der Waals surface area contributed by atoms with Gasteiger partial charge in [0.2, 0.25) is 0 Å². The number of anilines is 1.